The maximum Gasteiger partial charge on any atom is 0.258 e. The van der Waals surface area contributed by atoms with Crippen molar-refractivity contribution >= 4 is 0 Å². The molecule has 0 atom stereocenters. The highest BCUT2D eigenvalue weighted by molar-refractivity contribution is 4.86. The molecule has 1 aromatic rings. The number of aromatic nitrogens is 2. The summed E-state index contributed by atoms with van der Waals surface area (Å²) in [6.07, 6.45) is 6.83. The smallest absolute Gasteiger partial charge is 0.247 e. The van der Waals surface area contributed by atoms with Crippen LogP contribution in [0.25, 0.3) is 0 Å². The minimum Gasteiger partial charge on any atom is -0.247 e. The van der Waals surface area contributed by atoms with Gasteiger partial charge in [0.25, 0.3) is 5.82 Å². The lowest BCUT2D eigenvalue weighted by molar-refractivity contribution is -0.721. The Hall–Kier alpha value is -1.05. The van der Waals surface area contributed by atoms with Crippen LogP contribution in [0.1, 0.15) is 25.7 Å². The second kappa shape index (κ2) is 3.37. The molecule has 1 aromatic heterocycles. The molecule has 0 aliphatic heterocycles. The zero-order chi connectivity index (χ0) is 8.27. The SMILES string of the molecule is C=CCc1[nH]cc[n+]1C(C)C. The van der Waals surface area contributed by atoms with E-state index in [4.69, 9.17) is 0 Å². The van der Waals surface area contributed by atoms with Crippen molar-refractivity contribution in [3.05, 3.63) is 30.9 Å². The van der Waals surface area contributed by atoms with Crippen molar-refractivity contribution in [2.45, 2.75) is 26.3 Å². The lowest BCUT2D eigenvalue weighted by Crippen LogP contribution is -2.38. The van der Waals surface area contributed by atoms with Crippen molar-refractivity contribution < 1.29 is 4.57 Å². The Balaban J connectivity index is 2.86. The van der Waals surface area contributed by atoms with Gasteiger partial charge < -0.3 is 0 Å². The second-order valence-corrected chi connectivity index (χ2v) is 2.90. The van der Waals surface area contributed by atoms with E-state index in [1.807, 2.05) is 12.3 Å². The number of aromatic amines is 1. The van der Waals surface area contributed by atoms with Crippen LogP contribution in [-0.2, 0) is 6.42 Å². The minimum atomic E-state index is 0.524. The molecular formula is C9H15N2+. The van der Waals surface area contributed by atoms with Crippen LogP contribution in [0.15, 0.2) is 25.0 Å². The predicted molar refractivity (Wildman–Crippen MR) is 45.3 cm³/mol. The van der Waals surface area contributed by atoms with Gasteiger partial charge in [0.15, 0.2) is 0 Å². The fourth-order valence-electron chi connectivity index (χ4n) is 1.16. The Labute approximate surface area is 67.6 Å². The van der Waals surface area contributed by atoms with Gasteiger partial charge in [-0.2, -0.15) is 0 Å². The third kappa shape index (κ3) is 1.70. The van der Waals surface area contributed by atoms with Gasteiger partial charge >= 0.3 is 0 Å². The first-order chi connectivity index (χ1) is 5.25. The molecule has 0 aliphatic rings. The summed E-state index contributed by atoms with van der Waals surface area (Å²) in [5.74, 6) is 1.22. The van der Waals surface area contributed by atoms with Crippen molar-refractivity contribution in [2.24, 2.45) is 0 Å². The normalized spacial score (nSPS) is 10.5. The van der Waals surface area contributed by atoms with Crippen LogP contribution in [0.5, 0.6) is 0 Å². The molecule has 0 unspecified atom stereocenters. The zero-order valence-electron chi connectivity index (χ0n) is 7.17. The van der Waals surface area contributed by atoms with E-state index in [9.17, 15) is 0 Å². The molecule has 1 heterocycles. The molecule has 2 nitrogen and oxygen atoms in total. The average Bonchev–Trinajstić information content (AvgIpc) is 2.36. The van der Waals surface area contributed by atoms with Crippen LogP contribution in [0.2, 0.25) is 0 Å². The third-order valence-corrected chi connectivity index (χ3v) is 1.69. The highest BCUT2D eigenvalue weighted by Gasteiger charge is 2.10. The monoisotopic (exact) mass is 151 g/mol. The van der Waals surface area contributed by atoms with Crippen molar-refractivity contribution in [1.82, 2.24) is 4.98 Å². The Kier molecular flexibility index (Phi) is 2.47. The summed E-state index contributed by atoms with van der Waals surface area (Å²) in [6, 6.07) is 0.524. The molecule has 0 radical (unpaired) electrons. The van der Waals surface area contributed by atoms with E-state index >= 15 is 0 Å². The van der Waals surface area contributed by atoms with Gasteiger partial charge in [-0.05, 0) is 13.8 Å². The molecule has 0 saturated heterocycles. The summed E-state index contributed by atoms with van der Waals surface area (Å²) in [6.45, 7) is 8.04. The number of rotatable bonds is 3. The molecule has 0 amide bonds. The molecule has 0 bridgehead atoms. The number of hydrogen-bond donors (Lipinski definition) is 1. The summed E-state index contributed by atoms with van der Waals surface area (Å²) < 4.78 is 2.21. The van der Waals surface area contributed by atoms with Gasteiger partial charge in [0.1, 0.15) is 12.4 Å². The van der Waals surface area contributed by atoms with E-state index in [2.05, 4.69) is 36.2 Å². The van der Waals surface area contributed by atoms with Gasteiger partial charge in [0, 0.05) is 0 Å². The summed E-state index contributed by atoms with van der Waals surface area (Å²) in [5.41, 5.74) is 0. The Bertz CT molecular complexity index is 235. The van der Waals surface area contributed by atoms with Crippen LogP contribution >= 0.6 is 0 Å². The third-order valence-electron chi connectivity index (χ3n) is 1.69. The van der Waals surface area contributed by atoms with Crippen LogP contribution in [0, 0.1) is 0 Å². The summed E-state index contributed by atoms with van der Waals surface area (Å²) in [7, 11) is 0. The molecule has 1 rings (SSSR count). The van der Waals surface area contributed by atoms with Crippen molar-refractivity contribution in [1.29, 1.82) is 0 Å². The van der Waals surface area contributed by atoms with Gasteiger partial charge in [-0.25, -0.2) is 9.55 Å². The second-order valence-electron chi connectivity index (χ2n) is 2.90. The lowest BCUT2D eigenvalue weighted by Gasteiger charge is -2.01. The molecule has 2 heteroatoms. The number of H-pyrrole nitrogens is 1. The number of allylic oxidation sites excluding steroid dienone is 1. The van der Waals surface area contributed by atoms with E-state index in [1.165, 1.54) is 5.82 Å². The number of nitrogens with one attached hydrogen (secondary N) is 1. The molecule has 60 valence electrons. The highest BCUT2D eigenvalue weighted by atomic mass is 15.1. The predicted octanol–water partition coefficient (Wildman–Crippen LogP) is 1.61. The summed E-state index contributed by atoms with van der Waals surface area (Å²) in [4.78, 5) is 3.18. The van der Waals surface area contributed by atoms with Gasteiger partial charge in [0.2, 0.25) is 0 Å². The maximum absolute atomic E-state index is 3.70. The largest absolute Gasteiger partial charge is 0.258 e. The van der Waals surface area contributed by atoms with E-state index < -0.39 is 0 Å². The van der Waals surface area contributed by atoms with Crippen molar-refractivity contribution in [3.63, 3.8) is 0 Å². The standard InChI is InChI=1S/C9H14N2/c1-4-5-9-10-6-7-11(9)8(2)3/h4,6-8H,1,5H2,2-3H3/p+1. The Morgan fingerprint density at radius 3 is 3.00 bits per heavy atom. The molecule has 0 aromatic carbocycles. The van der Waals surface area contributed by atoms with Gasteiger partial charge in [-0.1, -0.05) is 6.08 Å². The van der Waals surface area contributed by atoms with Crippen molar-refractivity contribution in [2.75, 3.05) is 0 Å². The average molecular weight is 151 g/mol. The first-order valence-electron chi connectivity index (χ1n) is 3.94. The molecule has 0 spiro atoms. The topological polar surface area (TPSA) is 19.7 Å². The molecule has 11 heavy (non-hydrogen) atoms. The maximum atomic E-state index is 3.70. The first kappa shape index (κ1) is 8.05. The van der Waals surface area contributed by atoms with E-state index in [0.29, 0.717) is 6.04 Å². The number of hydrogen-bond acceptors (Lipinski definition) is 0. The Morgan fingerprint density at radius 2 is 2.45 bits per heavy atom. The van der Waals surface area contributed by atoms with E-state index in [1.54, 1.807) is 0 Å². The van der Waals surface area contributed by atoms with Crippen LogP contribution in [-0.4, -0.2) is 4.98 Å². The van der Waals surface area contributed by atoms with E-state index in [-0.39, 0.29) is 0 Å². The van der Waals surface area contributed by atoms with Crippen LogP contribution in [0.4, 0.5) is 0 Å². The number of imidazole rings is 1. The number of nitrogens with zero attached hydrogens (tertiary/aromatic N) is 1. The highest BCUT2D eigenvalue weighted by Crippen LogP contribution is 1.96. The van der Waals surface area contributed by atoms with Gasteiger partial charge in [-0.3, -0.25) is 0 Å². The van der Waals surface area contributed by atoms with Crippen LogP contribution in [0.3, 0.4) is 0 Å². The molecular weight excluding hydrogens is 136 g/mol. The lowest BCUT2D eigenvalue weighted by atomic mass is 10.3. The molecule has 1 N–H and O–H groups in total. The fourth-order valence-corrected chi connectivity index (χ4v) is 1.16. The molecule has 0 saturated carbocycles. The first-order valence-corrected chi connectivity index (χ1v) is 3.94. The van der Waals surface area contributed by atoms with Gasteiger partial charge in [-0.15, -0.1) is 6.58 Å². The summed E-state index contributed by atoms with van der Waals surface area (Å²) in [5, 5.41) is 0. The van der Waals surface area contributed by atoms with Gasteiger partial charge in [0.05, 0.1) is 12.5 Å². The van der Waals surface area contributed by atoms with E-state index in [0.717, 1.165) is 6.42 Å². The Morgan fingerprint density at radius 1 is 1.73 bits per heavy atom. The van der Waals surface area contributed by atoms with Crippen molar-refractivity contribution in [3.8, 4) is 0 Å². The molecule has 0 fully saturated rings. The fraction of sp³-hybridized carbons (Fsp3) is 0.444. The summed E-state index contributed by atoms with van der Waals surface area (Å²) >= 11 is 0. The molecule has 0 aliphatic carbocycles. The van der Waals surface area contributed by atoms with Crippen LogP contribution < -0.4 is 4.57 Å². The zero-order valence-corrected chi connectivity index (χ0v) is 7.17. The minimum absolute atomic E-state index is 0.524. The quantitative estimate of drug-likeness (QED) is 0.500.